The normalized spacial score (nSPS) is 21.8. The highest BCUT2D eigenvalue weighted by Gasteiger charge is 2.18. The summed E-state index contributed by atoms with van der Waals surface area (Å²) in [5.41, 5.74) is 7.06. The summed E-state index contributed by atoms with van der Waals surface area (Å²) in [6.45, 7) is 0.848. The molecule has 1 aromatic rings. The number of nitrogens with two attached hydrogens (primary N) is 1. The summed E-state index contributed by atoms with van der Waals surface area (Å²) in [5, 5.41) is 0. The van der Waals surface area contributed by atoms with E-state index >= 15 is 0 Å². The monoisotopic (exact) mass is 315 g/mol. The van der Waals surface area contributed by atoms with Crippen molar-refractivity contribution in [1.82, 2.24) is 0 Å². The highest BCUT2D eigenvalue weighted by atomic mass is 79.9. The van der Waals surface area contributed by atoms with E-state index in [1.54, 1.807) is 12.1 Å². The fourth-order valence-corrected chi connectivity index (χ4v) is 2.81. The number of ether oxygens (including phenoxy) is 1. The van der Waals surface area contributed by atoms with Crippen molar-refractivity contribution in [3.63, 3.8) is 0 Å². The third-order valence-corrected chi connectivity index (χ3v) is 4.10. The van der Waals surface area contributed by atoms with E-state index in [2.05, 4.69) is 15.9 Å². The van der Waals surface area contributed by atoms with Crippen LogP contribution in [0, 0.1) is 5.82 Å². The Bertz CT molecular complexity index is 393. The number of hydrogen-bond donors (Lipinski definition) is 1. The first-order valence-corrected chi connectivity index (χ1v) is 7.25. The molecule has 0 aliphatic carbocycles. The summed E-state index contributed by atoms with van der Waals surface area (Å²) in [6, 6.07) is 4.75. The molecule has 0 spiro atoms. The molecule has 100 valence electrons. The van der Waals surface area contributed by atoms with Gasteiger partial charge in [-0.2, -0.15) is 0 Å². The summed E-state index contributed by atoms with van der Waals surface area (Å²) >= 11 is 3.43. The van der Waals surface area contributed by atoms with Crippen LogP contribution in [-0.2, 0) is 11.2 Å². The van der Waals surface area contributed by atoms with Crippen LogP contribution < -0.4 is 5.73 Å². The van der Waals surface area contributed by atoms with E-state index in [0.29, 0.717) is 6.42 Å². The van der Waals surface area contributed by atoms with Crippen LogP contribution in [0.5, 0.6) is 0 Å². The molecule has 18 heavy (non-hydrogen) atoms. The van der Waals surface area contributed by atoms with Gasteiger partial charge in [0, 0.05) is 17.1 Å². The van der Waals surface area contributed by atoms with Crippen LogP contribution >= 0.6 is 15.9 Å². The van der Waals surface area contributed by atoms with E-state index in [0.717, 1.165) is 35.9 Å². The van der Waals surface area contributed by atoms with Crippen molar-refractivity contribution < 1.29 is 9.13 Å². The molecule has 2 unspecified atom stereocenters. The van der Waals surface area contributed by atoms with E-state index in [9.17, 15) is 4.39 Å². The first-order valence-electron chi connectivity index (χ1n) is 6.46. The number of hydrogen-bond acceptors (Lipinski definition) is 2. The Morgan fingerprint density at radius 3 is 3.00 bits per heavy atom. The third kappa shape index (κ3) is 4.04. The van der Waals surface area contributed by atoms with Gasteiger partial charge in [0.2, 0.25) is 0 Å². The highest BCUT2D eigenvalue weighted by molar-refractivity contribution is 9.10. The molecule has 0 bridgehead atoms. The predicted molar refractivity (Wildman–Crippen MR) is 74.0 cm³/mol. The van der Waals surface area contributed by atoms with Crippen molar-refractivity contribution >= 4 is 15.9 Å². The second-order valence-electron chi connectivity index (χ2n) is 4.92. The fraction of sp³-hybridized carbons (Fsp3) is 0.571. The Hall–Kier alpha value is -0.450. The summed E-state index contributed by atoms with van der Waals surface area (Å²) in [4.78, 5) is 0. The maximum absolute atomic E-state index is 13.2. The smallest absolute Gasteiger partial charge is 0.123 e. The van der Waals surface area contributed by atoms with E-state index < -0.39 is 0 Å². The van der Waals surface area contributed by atoms with Crippen molar-refractivity contribution in [1.29, 1.82) is 0 Å². The number of benzene rings is 1. The van der Waals surface area contributed by atoms with Crippen LogP contribution in [0.1, 0.15) is 31.2 Å². The van der Waals surface area contributed by atoms with Crippen molar-refractivity contribution in [3.05, 3.63) is 34.1 Å². The van der Waals surface area contributed by atoms with Gasteiger partial charge >= 0.3 is 0 Å². The lowest BCUT2D eigenvalue weighted by Gasteiger charge is -2.25. The van der Waals surface area contributed by atoms with E-state index in [4.69, 9.17) is 10.5 Å². The van der Waals surface area contributed by atoms with Gasteiger partial charge in [0.1, 0.15) is 5.82 Å². The minimum atomic E-state index is -0.214. The molecule has 1 aliphatic rings. The SMILES string of the molecule is NC(Cc1cc(F)ccc1Br)CC1CCCCO1. The molecule has 1 heterocycles. The van der Waals surface area contributed by atoms with Gasteiger partial charge in [-0.05, 0) is 55.9 Å². The first kappa shape index (κ1) is 14.0. The number of rotatable bonds is 4. The topological polar surface area (TPSA) is 35.2 Å². The Kier molecular flexibility index (Phi) is 5.15. The van der Waals surface area contributed by atoms with Crippen LogP contribution in [-0.4, -0.2) is 18.8 Å². The van der Waals surface area contributed by atoms with Gasteiger partial charge < -0.3 is 10.5 Å². The van der Waals surface area contributed by atoms with Gasteiger partial charge in [-0.3, -0.25) is 0 Å². The van der Waals surface area contributed by atoms with E-state index in [-0.39, 0.29) is 18.0 Å². The molecule has 1 saturated heterocycles. The minimum absolute atomic E-state index is 0.0196. The van der Waals surface area contributed by atoms with Gasteiger partial charge in [-0.1, -0.05) is 15.9 Å². The molecule has 1 fully saturated rings. The average molecular weight is 316 g/mol. The molecule has 0 saturated carbocycles. The zero-order valence-corrected chi connectivity index (χ0v) is 12.0. The van der Waals surface area contributed by atoms with Crippen molar-refractivity contribution in [2.24, 2.45) is 5.73 Å². The first-order chi connectivity index (χ1) is 8.65. The second-order valence-corrected chi connectivity index (χ2v) is 5.78. The Morgan fingerprint density at radius 2 is 2.28 bits per heavy atom. The Morgan fingerprint density at radius 1 is 1.44 bits per heavy atom. The minimum Gasteiger partial charge on any atom is -0.378 e. The fourth-order valence-electron chi connectivity index (χ4n) is 2.40. The van der Waals surface area contributed by atoms with Crippen molar-refractivity contribution in [2.75, 3.05) is 6.61 Å². The number of halogens is 2. The Balaban J connectivity index is 1.89. The van der Waals surface area contributed by atoms with Crippen LogP contribution in [0.3, 0.4) is 0 Å². The molecule has 0 aromatic heterocycles. The zero-order chi connectivity index (χ0) is 13.0. The molecular weight excluding hydrogens is 297 g/mol. The molecule has 0 amide bonds. The zero-order valence-electron chi connectivity index (χ0n) is 10.4. The quantitative estimate of drug-likeness (QED) is 0.924. The molecule has 0 radical (unpaired) electrons. The molecule has 4 heteroatoms. The van der Waals surface area contributed by atoms with Gasteiger partial charge in [0.15, 0.2) is 0 Å². The summed E-state index contributed by atoms with van der Waals surface area (Å²) < 4.78 is 19.8. The molecule has 2 N–H and O–H groups in total. The van der Waals surface area contributed by atoms with Gasteiger partial charge in [-0.25, -0.2) is 4.39 Å². The molecular formula is C14H19BrFNO. The molecule has 2 rings (SSSR count). The van der Waals surface area contributed by atoms with Gasteiger partial charge in [0.25, 0.3) is 0 Å². The highest BCUT2D eigenvalue weighted by Crippen LogP contribution is 2.22. The summed E-state index contributed by atoms with van der Waals surface area (Å²) in [5.74, 6) is -0.214. The standard InChI is InChI=1S/C14H19BrFNO/c15-14-5-4-11(16)7-10(14)8-12(17)9-13-3-1-2-6-18-13/h4-5,7,12-13H,1-3,6,8-9,17H2. The van der Waals surface area contributed by atoms with Crippen molar-refractivity contribution in [3.8, 4) is 0 Å². The molecule has 2 nitrogen and oxygen atoms in total. The van der Waals surface area contributed by atoms with Crippen LogP contribution in [0.2, 0.25) is 0 Å². The van der Waals surface area contributed by atoms with E-state index in [1.165, 1.54) is 12.5 Å². The summed E-state index contributed by atoms with van der Waals surface area (Å²) in [6.07, 6.45) is 5.28. The average Bonchev–Trinajstić information content (AvgIpc) is 2.35. The van der Waals surface area contributed by atoms with Gasteiger partial charge in [0.05, 0.1) is 6.10 Å². The predicted octanol–water partition coefficient (Wildman–Crippen LogP) is 3.42. The lowest BCUT2D eigenvalue weighted by atomic mass is 9.97. The lowest BCUT2D eigenvalue weighted by molar-refractivity contribution is 0.00746. The molecule has 1 aromatic carbocycles. The maximum Gasteiger partial charge on any atom is 0.123 e. The van der Waals surface area contributed by atoms with Gasteiger partial charge in [-0.15, -0.1) is 0 Å². The van der Waals surface area contributed by atoms with Crippen LogP contribution in [0.15, 0.2) is 22.7 Å². The maximum atomic E-state index is 13.2. The Labute approximate surface area is 116 Å². The van der Waals surface area contributed by atoms with Crippen LogP contribution in [0.4, 0.5) is 4.39 Å². The lowest BCUT2D eigenvalue weighted by Crippen LogP contribution is -2.31. The molecule has 1 aliphatic heterocycles. The van der Waals surface area contributed by atoms with Crippen LogP contribution in [0.25, 0.3) is 0 Å². The van der Waals surface area contributed by atoms with Crippen molar-refractivity contribution in [2.45, 2.75) is 44.2 Å². The second kappa shape index (κ2) is 6.64. The summed E-state index contributed by atoms with van der Waals surface area (Å²) in [7, 11) is 0. The molecule has 2 atom stereocenters. The largest absolute Gasteiger partial charge is 0.378 e. The van der Waals surface area contributed by atoms with E-state index in [1.807, 2.05) is 0 Å². The third-order valence-electron chi connectivity index (χ3n) is 3.33.